The number of hydrogen-bond donors (Lipinski definition) is 1. The van der Waals surface area contributed by atoms with Gasteiger partial charge in [-0.15, -0.1) is 0 Å². The summed E-state index contributed by atoms with van der Waals surface area (Å²) in [5.74, 6) is 0.334. The van der Waals surface area contributed by atoms with Gasteiger partial charge in [0.1, 0.15) is 0 Å². The number of aromatic nitrogens is 2. The number of nitrogens with zero attached hydrogens (tertiary/aromatic N) is 2. The molecular weight excluding hydrogens is 314 g/mol. The summed E-state index contributed by atoms with van der Waals surface area (Å²) in [5.41, 5.74) is 1.48. The number of hydrogen-bond acceptors (Lipinski definition) is 3. The monoisotopic (exact) mass is 333 g/mol. The van der Waals surface area contributed by atoms with E-state index in [4.69, 9.17) is 0 Å². The number of amides is 1. The maximum atomic E-state index is 12.5. The van der Waals surface area contributed by atoms with Crippen molar-refractivity contribution in [2.24, 2.45) is 0 Å². The highest BCUT2D eigenvalue weighted by molar-refractivity contribution is 6.06. The van der Waals surface area contributed by atoms with E-state index in [2.05, 4.69) is 10.3 Å². The third-order valence-corrected chi connectivity index (χ3v) is 4.57. The van der Waals surface area contributed by atoms with Crippen LogP contribution < -0.4 is 10.9 Å². The Morgan fingerprint density at radius 3 is 2.76 bits per heavy atom. The number of carbonyl (C=O) groups is 1. The molecule has 25 heavy (non-hydrogen) atoms. The van der Waals surface area contributed by atoms with Gasteiger partial charge in [-0.3, -0.25) is 14.2 Å². The molecule has 2 aromatic carbocycles. The Morgan fingerprint density at radius 2 is 1.96 bits per heavy atom. The third kappa shape index (κ3) is 3.31. The third-order valence-electron chi connectivity index (χ3n) is 4.57. The minimum atomic E-state index is -0.132. The molecule has 5 nitrogen and oxygen atoms in total. The molecule has 1 heterocycles. The van der Waals surface area contributed by atoms with E-state index in [1.807, 2.05) is 42.5 Å². The zero-order valence-electron chi connectivity index (χ0n) is 13.8. The van der Waals surface area contributed by atoms with Crippen molar-refractivity contribution in [2.75, 3.05) is 6.54 Å². The summed E-state index contributed by atoms with van der Waals surface area (Å²) in [6.45, 7) is 0.791. The second-order valence-electron chi connectivity index (χ2n) is 6.40. The van der Waals surface area contributed by atoms with Gasteiger partial charge in [-0.1, -0.05) is 36.4 Å². The molecule has 4 rings (SSSR count). The van der Waals surface area contributed by atoms with E-state index in [9.17, 15) is 9.59 Å². The van der Waals surface area contributed by atoms with Crippen molar-refractivity contribution in [1.82, 2.24) is 14.9 Å². The van der Waals surface area contributed by atoms with Crippen molar-refractivity contribution in [2.45, 2.75) is 25.3 Å². The molecule has 0 radical (unpaired) electrons. The molecule has 3 aromatic rings. The minimum absolute atomic E-state index is 0.0590. The van der Waals surface area contributed by atoms with Gasteiger partial charge in [-0.25, -0.2) is 4.98 Å². The SMILES string of the molecule is O=C(NCCn1cnc(C2CC2)cc1=O)c1cccc2ccccc12. The topological polar surface area (TPSA) is 64.0 Å². The van der Waals surface area contributed by atoms with Gasteiger partial charge < -0.3 is 5.32 Å². The van der Waals surface area contributed by atoms with Gasteiger partial charge in [0, 0.05) is 30.6 Å². The van der Waals surface area contributed by atoms with Crippen LogP contribution in [-0.2, 0) is 6.54 Å². The average molecular weight is 333 g/mol. The molecule has 1 fully saturated rings. The Bertz CT molecular complexity index is 984. The number of carbonyl (C=O) groups excluding carboxylic acids is 1. The Hall–Kier alpha value is -2.95. The number of nitrogens with one attached hydrogen (secondary N) is 1. The molecule has 1 N–H and O–H groups in total. The molecule has 5 heteroatoms. The van der Waals surface area contributed by atoms with Gasteiger partial charge in [-0.2, -0.15) is 0 Å². The quantitative estimate of drug-likeness (QED) is 0.781. The van der Waals surface area contributed by atoms with E-state index < -0.39 is 0 Å². The van der Waals surface area contributed by atoms with Gasteiger partial charge in [-0.05, 0) is 29.7 Å². The standard InChI is InChI=1S/C20H19N3O2/c24-19-12-18(15-8-9-15)22-13-23(19)11-10-21-20(25)17-7-3-5-14-4-1-2-6-16(14)17/h1-7,12-13,15H,8-11H2,(H,21,25). The van der Waals surface area contributed by atoms with E-state index in [1.54, 1.807) is 12.4 Å². The number of fused-ring (bicyclic) bond motifs is 1. The lowest BCUT2D eigenvalue weighted by Gasteiger charge is -2.09. The molecule has 0 atom stereocenters. The van der Waals surface area contributed by atoms with Crippen molar-refractivity contribution in [3.8, 4) is 0 Å². The smallest absolute Gasteiger partial charge is 0.253 e. The highest BCUT2D eigenvalue weighted by Crippen LogP contribution is 2.38. The second kappa shape index (κ2) is 6.51. The van der Waals surface area contributed by atoms with Gasteiger partial charge in [0.05, 0.1) is 12.0 Å². The van der Waals surface area contributed by atoms with Crippen molar-refractivity contribution in [3.63, 3.8) is 0 Å². The normalized spacial score (nSPS) is 13.8. The van der Waals surface area contributed by atoms with E-state index in [0.29, 0.717) is 24.6 Å². The Morgan fingerprint density at radius 1 is 1.16 bits per heavy atom. The van der Waals surface area contributed by atoms with Gasteiger partial charge in [0.2, 0.25) is 0 Å². The average Bonchev–Trinajstić information content (AvgIpc) is 3.47. The molecule has 0 bridgehead atoms. The Labute approximate surface area is 145 Å². The van der Waals surface area contributed by atoms with Crippen LogP contribution in [0.15, 0.2) is 59.7 Å². The first-order chi connectivity index (χ1) is 12.2. The molecule has 1 amide bonds. The van der Waals surface area contributed by atoms with E-state index >= 15 is 0 Å². The van der Waals surface area contributed by atoms with E-state index in [-0.39, 0.29) is 11.5 Å². The lowest BCUT2D eigenvalue weighted by Crippen LogP contribution is -2.31. The van der Waals surface area contributed by atoms with E-state index in [0.717, 1.165) is 29.3 Å². The largest absolute Gasteiger partial charge is 0.350 e. The van der Waals surface area contributed by atoms with Crippen LogP contribution in [-0.4, -0.2) is 22.0 Å². The molecule has 0 aliphatic heterocycles. The summed E-state index contributed by atoms with van der Waals surface area (Å²) < 4.78 is 1.54. The van der Waals surface area contributed by atoms with Crippen LogP contribution in [0, 0.1) is 0 Å². The second-order valence-corrected chi connectivity index (χ2v) is 6.40. The van der Waals surface area contributed by atoms with Gasteiger partial charge in [0.15, 0.2) is 0 Å². The fourth-order valence-electron chi connectivity index (χ4n) is 3.02. The molecule has 126 valence electrons. The van der Waals surface area contributed by atoms with Crippen molar-refractivity contribution < 1.29 is 4.79 Å². The van der Waals surface area contributed by atoms with Crippen LogP contribution in [0.1, 0.15) is 34.8 Å². The van der Waals surface area contributed by atoms with Crippen molar-refractivity contribution in [3.05, 3.63) is 76.5 Å². The van der Waals surface area contributed by atoms with Gasteiger partial charge >= 0.3 is 0 Å². The summed E-state index contributed by atoms with van der Waals surface area (Å²) in [4.78, 5) is 28.9. The van der Waals surface area contributed by atoms with Crippen LogP contribution in [0.3, 0.4) is 0 Å². The molecule has 1 aromatic heterocycles. The maximum absolute atomic E-state index is 12.5. The van der Waals surface area contributed by atoms with Crippen LogP contribution in [0.4, 0.5) is 0 Å². The van der Waals surface area contributed by atoms with Crippen LogP contribution in [0.25, 0.3) is 10.8 Å². The number of rotatable bonds is 5. The number of benzene rings is 2. The predicted molar refractivity (Wildman–Crippen MR) is 96.8 cm³/mol. The summed E-state index contributed by atoms with van der Waals surface area (Å²) >= 11 is 0. The first-order valence-corrected chi connectivity index (χ1v) is 8.55. The summed E-state index contributed by atoms with van der Waals surface area (Å²) in [7, 11) is 0. The Balaban J connectivity index is 1.43. The van der Waals surface area contributed by atoms with Crippen LogP contribution in [0.5, 0.6) is 0 Å². The molecule has 1 saturated carbocycles. The molecule has 0 unspecified atom stereocenters. The summed E-state index contributed by atoms with van der Waals surface area (Å²) in [6, 6.07) is 15.1. The van der Waals surface area contributed by atoms with Crippen molar-refractivity contribution in [1.29, 1.82) is 0 Å². The summed E-state index contributed by atoms with van der Waals surface area (Å²) in [5, 5.41) is 4.85. The first kappa shape index (κ1) is 15.6. The Kier molecular flexibility index (Phi) is 4.06. The lowest BCUT2D eigenvalue weighted by atomic mass is 10.0. The maximum Gasteiger partial charge on any atom is 0.253 e. The highest BCUT2D eigenvalue weighted by atomic mass is 16.1. The molecule has 1 aliphatic rings. The van der Waals surface area contributed by atoms with Crippen LogP contribution in [0.2, 0.25) is 0 Å². The molecule has 0 spiro atoms. The summed E-state index contributed by atoms with van der Waals surface area (Å²) in [6.07, 6.45) is 3.83. The lowest BCUT2D eigenvalue weighted by molar-refractivity contribution is 0.0954. The van der Waals surface area contributed by atoms with E-state index in [1.165, 1.54) is 4.57 Å². The van der Waals surface area contributed by atoms with Crippen molar-refractivity contribution >= 4 is 16.7 Å². The first-order valence-electron chi connectivity index (χ1n) is 8.55. The van der Waals surface area contributed by atoms with Gasteiger partial charge in [0.25, 0.3) is 11.5 Å². The predicted octanol–water partition coefficient (Wildman–Crippen LogP) is 2.70. The highest BCUT2D eigenvalue weighted by Gasteiger charge is 2.25. The zero-order valence-corrected chi connectivity index (χ0v) is 13.8. The molecular formula is C20H19N3O2. The van der Waals surface area contributed by atoms with Crippen LogP contribution >= 0.6 is 0 Å². The molecule has 1 aliphatic carbocycles. The fourth-order valence-corrected chi connectivity index (χ4v) is 3.02. The minimum Gasteiger partial charge on any atom is -0.350 e. The zero-order chi connectivity index (χ0) is 17.2. The molecule has 0 saturated heterocycles. The fraction of sp³-hybridized carbons (Fsp3) is 0.250.